The Bertz CT molecular complexity index is 342. The van der Waals surface area contributed by atoms with Gasteiger partial charge in [0.1, 0.15) is 36.6 Å². The lowest BCUT2D eigenvalue weighted by molar-refractivity contribution is -0.349. The van der Waals surface area contributed by atoms with Crippen molar-refractivity contribution in [3.63, 3.8) is 0 Å². The van der Waals surface area contributed by atoms with Crippen LogP contribution in [0.2, 0.25) is 0 Å². The molecule has 3 unspecified atom stereocenters. The van der Waals surface area contributed by atoms with Crippen LogP contribution in [0.15, 0.2) is 0 Å². The summed E-state index contributed by atoms with van der Waals surface area (Å²) in [4.78, 5) is 0. The van der Waals surface area contributed by atoms with Crippen LogP contribution in [0.5, 0.6) is 0 Å². The van der Waals surface area contributed by atoms with Crippen molar-refractivity contribution in [3.05, 3.63) is 0 Å². The molecule has 8 atom stereocenters. The molecule has 0 aromatic rings. The van der Waals surface area contributed by atoms with Gasteiger partial charge in [-0.2, -0.15) is 0 Å². The molecule has 0 spiro atoms. The molecule has 5 N–H and O–H groups in total. The number of methoxy groups -OCH3 is 1. The fourth-order valence-electron chi connectivity index (χ4n) is 2.43. The van der Waals surface area contributed by atoms with Gasteiger partial charge in [-0.3, -0.25) is 0 Å². The van der Waals surface area contributed by atoms with Gasteiger partial charge in [0.25, 0.3) is 0 Å². The van der Waals surface area contributed by atoms with Crippen molar-refractivity contribution in [2.45, 2.75) is 55.6 Å². The fourth-order valence-corrected chi connectivity index (χ4v) is 2.43. The Labute approximate surface area is 121 Å². The highest BCUT2D eigenvalue weighted by Gasteiger charge is 2.48. The zero-order valence-electron chi connectivity index (χ0n) is 11.8. The summed E-state index contributed by atoms with van der Waals surface area (Å²) in [5.74, 6) is -1.88. The van der Waals surface area contributed by atoms with E-state index in [9.17, 15) is 25.5 Å². The SMILES string of the molecule is CO[C@@H]1C(O)[C@H](O[C@@H]2COC(C)(O)C(O)[C@H]2O)OC[C@H]1O. The van der Waals surface area contributed by atoms with Gasteiger partial charge in [-0.25, -0.2) is 0 Å². The highest BCUT2D eigenvalue weighted by Crippen LogP contribution is 2.27. The molecule has 0 aromatic carbocycles. The molecular weight excluding hydrogens is 288 g/mol. The summed E-state index contributed by atoms with van der Waals surface area (Å²) in [6.45, 7) is 0.919. The van der Waals surface area contributed by atoms with Crippen LogP contribution < -0.4 is 0 Å². The van der Waals surface area contributed by atoms with Crippen LogP contribution in [0.3, 0.4) is 0 Å². The zero-order valence-corrected chi connectivity index (χ0v) is 11.8. The Morgan fingerprint density at radius 2 is 1.76 bits per heavy atom. The van der Waals surface area contributed by atoms with Gasteiger partial charge in [0, 0.05) is 7.11 Å². The molecule has 2 saturated heterocycles. The van der Waals surface area contributed by atoms with Crippen LogP contribution in [0.1, 0.15) is 6.92 Å². The third-order valence-electron chi connectivity index (χ3n) is 3.80. The van der Waals surface area contributed by atoms with Crippen molar-refractivity contribution in [3.8, 4) is 0 Å². The van der Waals surface area contributed by atoms with Crippen molar-refractivity contribution in [1.29, 1.82) is 0 Å². The Morgan fingerprint density at radius 1 is 1.10 bits per heavy atom. The van der Waals surface area contributed by atoms with Gasteiger partial charge in [0.05, 0.1) is 13.2 Å². The normalized spacial score (nSPS) is 51.9. The van der Waals surface area contributed by atoms with Gasteiger partial charge >= 0.3 is 0 Å². The van der Waals surface area contributed by atoms with E-state index < -0.39 is 48.7 Å². The molecule has 2 rings (SSSR count). The first kappa shape index (κ1) is 17.0. The Balaban J connectivity index is 1.98. The molecule has 0 aliphatic carbocycles. The molecule has 124 valence electrons. The van der Waals surface area contributed by atoms with Crippen molar-refractivity contribution >= 4 is 0 Å². The summed E-state index contributed by atoms with van der Waals surface area (Å²) in [6, 6.07) is 0. The summed E-state index contributed by atoms with van der Waals surface area (Å²) in [6.07, 6.45) is -8.31. The minimum atomic E-state index is -1.88. The maximum atomic E-state index is 10.0. The van der Waals surface area contributed by atoms with Gasteiger partial charge in [0.15, 0.2) is 12.1 Å². The molecule has 2 fully saturated rings. The molecule has 0 amide bonds. The van der Waals surface area contributed by atoms with E-state index >= 15 is 0 Å². The molecule has 9 nitrogen and oxygen atoms in total. The van der Waals surface area contributed by atoms with E-state index in [2.05, 4.69) is 0 Å². The minimum Gasteiger partial charge on any atom is -0.388 e. The van der Waals surface area contributed by atoms with Gasteiger partial charge in [-0.15, -0.1) is 0 Å². The number of rotatable bonds is 3. The molecular formula is C12H22O9. The number of ether oxygens (including phenoxy) is 4. The average molecular weight is 310 g/mol. The monoisotopic (exact) mass is 310 g/mol. The van der Waals surface area contributed by atoms with Crippen molar-refractivity contribution < 1.29 is 44.5 Å². The summed E-state index contributed by atoms with van der Waals surface area (Å²) in [5.41, 5.74) is 0. The largest absolute Gasteiger partial charge is 0.388 e. The first-order chi connectivity index (χ1) is 9.77. The van der Waals surface area contributed by atoms with Gasteiger partial charge < -0.3 is 44.5 Å². The molecule has 21 heavy (non-hydrogen) atoms. The predicted octanol–water partition coefficient (Wildman–Crippen LogP) is -3.07. The van der Waals surface area contributed by atoms with E-state index in [-0.39, 0.29) is 13.2 Å². The predicted molar refractivity (Wildman–Crippen MR) is 66.0 cm³/mol. The minimum absolute atomic E-state index is 0.107. The lowest BCUT2D eigenvalue weighted by atomic mass is 9.98. The molecule has 0 radical (unpaired) electrons. The van der Waals surface area contributed by atoms with Gasteiger partial charge in [0.2, 0.25) is 0 Å². The van der Waals surface area contributed by atoms with E-state index in [0.29, 0.717) is 0 Å². The smallest absolute Gasteiger partial charge is 0.191 e. The quantitative estimate of drug-likeness (QED) is 0.367. The Kier molecular flexibility index (Phi) is 5.19. The third-order valence-corrected chi connectivity index (χ3v) is 3.80. The summed E-state index contributed by atoms with van der Waals surface area (Å²) in [5, 5.41) is 49.0. The molecule has 9 heteroatoms. The number of hydrogen-bond donors (Lipinski definition) is 5. The van der Waals surface area contributed by atoms with Crippen LogP contribution in [0.4, 0.5) is 0 Å². The average Bonchev–Trinajstić information content (AvgIpc) is 2.43. The maximum absolute atomic E-state index is 10.0. The lowest BCUT2D eigenvalue weighted by Crippen LogP contribution is -2.62. The fraction of sp³-hybridized carbons (Fsp3) is 1.00. The second-order valence-electron chi connectivity index (χ2n) is 5.44. The first-order valence-electron chi connectivity index (χ1n) is 6.66. The Morgan fingerprint density at radius 3 is 2.38 bits per heavy atom. The standard InChI is InChI=1S/C12H22O9/c1-12(17)10(16)7(14)6(4-20-12)21-11-8(15)9(18-2)5(13)3-19-11/h5-11,13-17H,3-4H2,1-2H3/t5-,6-,7+,8?,9+,10?,11+,12?/m1/s1. The summed E-state index contributed by atoms with van der Waals surface area (Å²) < 4.78 is 20.5. The molecule has 0 bridgehead atoms. The third kappa shape index (κ3) is 3.36. The van der Waals surface area contributed by atoms with E-state index in [0.717, 1.165) is 0 Å². The second-order valence-corrected chi connectivity index (χ2v) is 5.44. The summed E-state index contributed by atoms with van der Waals surface area (Å²) >= 11 is 0. The number of aliphatic hydroxyl groups excluding tert-OH is 4. The topological polar surface area (TPSA) is 138 Å². The van der Waals surface area contributed by atoms with E-state index in [1.165, 1.54) is 14.0 Å². The van der Waals surface area contributed by atoms with Crippen LogP contribution >= 0.6 is 0 Å². The van der Waals surface area contributed by atoms with Gasteiger partial charge in [-0.1, -0.05) is 0 Å². The number of aliphatic hydroxyl groups is 5. The summed E-state index contributed by atoms with van der Waals surface area (Å²) in [7, 11) is 1.33. The lowest BCUT2D eigenvalue weighted by Gasteiger charge is -2.44. The van der Waals surface area contributed by atoms with Crippen LogP contribution in [0, 0.1) is 0 Å². The van der Waals surface area contributed by atoms with Crippen molar-refractivity contribution in [2.75, 3.05) is 20.3 Å². The Hall–Kier alpha value is -0.360. The molecule has 0 saturated carbocycles. The van der Waals surface area contributed by atoms with Crippen LogP contribution in [-0.2, 0) is 18.9 Å². The molecule has 2 aliphatic rings. The maximum Gasteiger partial charge on any atom is 0.191 e. The van der Waals surface area contributed by atoms with Crippen LogP contribution in [0.25, 0.3) is 0 Å². The van der Waals surface area contributed by atoms with E-state index in [1.54, 1.807) is 0 Å². The molecule has 2 heterocycles. The first-order valence-corrected chi connectivity index (χ1v) is 6.66. The van der Waals surface area contributed by atoms with Crippen molar-refractivity contribution in [2.24, 2.45) is 0 Å². The highest BCUT2D eigenvalue weighted by molar-refractivity contribution is 4.91. The van der Waals surface area contributed by atoms with E-state index in [1.807, 2.05) is 0 Å². The second kappa shape index (κ2) is 6.41. The van der Waals surface area contributed by atoms with E-state index in [4.69, 9.17) is 18.9 Å². The highest BCUT2D eigenvalue weighted by atomic mass is 16.7. The van der Waals surface area contributed by atoms with Crippen LogP contribution in [-0.4, -0.2) is 94.6 Å². The zero-order chi connectivity index (χ0) is 15.8. The molecule has 2 aliphatic heterocycles. The van der Waals surface area contributed by atoms with Crippen molar-refractivity contribution in [1.82, 2.24) is 0 Å². The number of hydrogen-bond acceptors (Lipinski definition) is 9. The molecule has 0 aromatic heterocycles. The van der Waals surface area contributed by atoms with Gasteiger partial charge in [-0.05, 0) is 6.92 Å².